The molecule has 3 unspecified atom stereocenters. The molecule has 104 valence electrons. The minimum Gasteiger partial charge on any atom is -0.393 e. The number of aliphatic hydroxyl groups is 1. The van der Waals surface area contributed by atoms with Gasteiger partial charge in [-0.3, -0.25) is 4.90 Å². The Labute approximate surface area is 119 Å². The molecule has 0 aromatic carbocycles. The van der Waals surface area contributed by atoms with E-state index in [1.54, 1.807) is 11.3 Å². The van der Waals surface area contributed by atoms with Crippen LogP contribution in [0.5, 0.6) is 0 Å². The van der Waals surface area contributed by atoms with Crippen molar-refractivity contribution in [2.45, 2.75) is 44.9 Å². The molecule has 1 heterocycles. The number of hydrogen-bond donors (Lipinski definition) is 2. The lowest BCUT2D eigenvalue weighted by molar-refractivity contribution is 0.141. The minimum atomic E-state index is -0.280. The van der Waals surface area contributed by atoms with Gasteiger partial charge in [-0.1, -0.05) is 18.5 Å². The standard InChI is InChI=1S/C13H23ClN2OS/c1-4-10(15)13(11-5-6-12(14)18-11)16(3)8-7-9(2)17/h5-6,9-10,13,17H,4,7-8,15H2,1-3H3. The van der Waals surface area contributed by atoms with Crippen molar-refractivity contribution in [3.63, 3.8) is 0 Å². The molecule has 0 aliphatic heterocycles. The fourth-order valence-electron chi connectivity index (χ4n) is 2.00. The summed E-state index contributed by atoms with van der Waals surface area (Å²) in [6.45, 7) is 4.73. The molecule has 0 amide bonds. The molecule has 0 saturated carbocycles. The van der Waals surface area contributed by atoms with Crippen molar-refractivity contribution in [3.8, 4) is 0 Å². The van der Waals surface area contributed by atoms with Crippen molar-refractivity contribution in [2.24, 2.45) is 5.73 Å². The molecule has 0 saturated heterocycles. The van der Waals surface area contributed by atoms with Crippen LogP contribution >= 0.6 is 22.9 Å². The second-order valence-corrected chi connectivity index (χ2v) is 6.52. The molecule has 3 N–H and O–H groups in total. The summed E-state index contributed by atoms with van der Waals surface area (Å²) < 4.78 is 0.794. The Morgan fingerprint density at radius 2 is 2.17 bits per heavy atom. The van der Waals surface area contributed by atoms with Gasteiger partial charge in [-0.25, -0.2) is 0 Å². The van der Waals surface area contributed by atoms with Gasteiger partial charge in [0.15, 0.2) is 0 Å². The normalized spacial score (nSPS) is 16.8. The van der Waals surface area contributed by atoms with Crippen LogP contribution in [-0.4, -0.2) is 35.7 Å². The first kappa shape index (κ1) is 15.9. The van der Waals surface area contributed by atoms with E-state index < -0.39 is 0 Å². The number of hydrogen-bond acceptors (Lipinski definition) is 4. The van der Waals surface area contributed by atoms with E-state index >= 15 is 0 Å². The molecule has 0 aliphatic rings. The molecule has 3 atom stereocenters. The number of nitrogens with zero attached hydrogens (tertiary/aromatic N) is 1. The van der Waals surface area contributed by atoms with E-state index in [9.17, 15) is 5.11 Å². The molecule has 3 nitrogen and oxygen atoms in total. The SMILES string of the molecule is CCC(N)C(c1ccc(Cl)s1)N(C)CCC(C)O. The maximum Gasteiger partial charge on any atom is 0.0931 e. The molecular formula is C13H23ClN2OS. The summed E-state index contributed by atoms with van der Waals surface area (Å²) >= 11 is 7.59. The second-order valence-electron chi connectivity index (χ2n) is 4.78. The summed E-state index contributed by atoms with van der Waals surface area (Å²) in [5.41, 5.74) is 6.23. The van der Waals surface area contributed by atoms with E-state index in [0.29, 0.717) is 0 Å². The summed E-state index contributed by atoms with van der Waals surface area (Å²) in [6, 6.07) is 4.22. The van der Waals surface area contributed by atoms with Gasteiger partial charge in [0.2, 0.25) is 0 Å². The predicted molar refractivity (Wildman–Crippen MR) is 79.3 cm³/mol. The van der Waals surface area contributed by atoms with Gasteiger partial charge in [0, 0.05) is 17.5 Å². The van der Waals surface area contributed by atoms with E-state index in [4.69, 9.17) is 17.3 Å². The molecule has 1 aromatic rings. The Bertz CT molecular complexity index is 357. The Morgan fingerprint density at radius 1 is 1.50 bits per heavy atom. The van der Waals surface area contributed by atoms with Gasteiger partial charge in [-0.15, -0.1) is 11.3 Å². The third-order valence-electron chi connectivity index (χ3n) is 3.14. The van der Waals surface area contributed by atoms with Crippen LogP contribution in [0.3, 0.4) is 0 Å². The monoisotopic (exact) mass is 290 g/mol. The Balaban J connectivity index is 2.78. The molecule has 18 heavy (non-hydrogen) atoms. The fraction of sp³-hybridized carbons (Fsp3) is 0.692. The molecule has 0 radical (unpaired) electrons. The third kappa shape index (κ3) is 4.52. The Kier molecular flexibility index (Phi) is 6.60. The van der Waals surface area contributed by atoms with E-state index in [0.717, 1.165) is 23.7 Å². The molecule has 1 aromatic heterocycles. The zero-order valence-corrected chi connectivity index (χ0v) is 12.8. The maximum absolute atomic E-state index is 9.38. The lowest BCUT2D eigenvalue weighted by Gasteiger charge is -2.32. The van der Waals surface area contributed by atoms with Gasteiger partial charge >= 0.3 is 0 Å². The average molecular weight is 291 g/mol. The molecular weight excluding hydrogens is 268 g/mol. The second kappa shape index (κ2) is 7.46. The Hall–Kier alpha value is -0.130. The number of halogens is 1. The number of aliphatic hydroxyl groups excluding tert-OH is 1. The van der Waals surface area contributed by atoms with Crippen LogP contribution < -0.4 is 5.73 Å². The molecule has 0 bridgehead atoms. The van der Waals surface area contributed by atoms with Crippen molar-refractivity contribution in [3.05, 3.63) is 21.3 Å². The summed E-state index contributed by atoms with van der Waals surface area (Å²) in [7, 11) is 2.05. The van der Waals surface area contributed by atoms with Gasteiger partial charge in [-0.05, 0) is 38.9 Å². The van der Waals surface area contributed by atoms with Crippen LogP contribution in [0.25, 0.3) is 0 Å². The summed E-state index contributed by atoms with van der Waals surface area (Å²) in [4.78, 5) is 3.41. The molecule has 1 rings (SSSR count). The number of thiophene rings is 1. The quantitative estimate of drug-likeness (QED) is 0.812. The molecule has 0 aliphatic carbocycles. The van der Waals surface area contributed by atoms with Crippen molar-refractivity contribution in [1.29, 1.82) is 0 Å². The molecule has 0 spiro atoms. The van der Waals surface area contributed by atoms with Crippen molar-refractivity contribution in [2.75, 3.05) is 13.6 Å². The average Bonchev–Trinajstić information content (AvgIpc) is 2.73. The highest BCUT2D eigenvalue weighted by atomic mass is 35.5. The number of nitrogens with two attached hydrogens (primary N) is 1. The fourth-order valence-corrected chi connectivity index (χ4v) is 3.30. The van der Waals surface area contributed by atoms with Gasteiger partial charge in [-0.2, -0.15) is 0 Å². The maximum atomic E-state index is 9.38. The van der Waals surface area contributed by atoms with Crippen molar-refractivity contribution in [1.82, 2.24) is 4.90 Å². The Morgan fingerprint density at radius 3 is 2.61 bits per heavy atom. The number of likely N-dealkylation sites (N-methyl/N-ethyl adjacent to an activating group) is 1. The van der Waals surface area contributed by atoms with Crippen LogP contribution in [0, 0.1) is 0 Å². The number of rotatable bonds is 7. The van der Waals surface area contributed by atoms with Crippen LogP contribution in [0.15, 0.2) is 12.1 Å². The lowest BCUT2D eigenvalue weighted by atomic mass is 10.0. The first-order chi connectivity index (χ1) is 8.45. The van der Waals surface area contributed by atoms with Crippen LogP contribution in [0.2, 0.25) is 4.34 Å². The highest BCUT2D eigenvalue weighted by Crippen LogP contribution is 2.32. The summed E-state index contributed by atoms with van der Waals surface area (Å²) in [6.07, 6.45) is 1.39. The zero-order chi connectivity index (χ0) is 13.7. The largest absolute Gasteiger partial charge is 0.393 e. The predicted octanol–water partition coefficient (Wildman–Crippen LogP) is 2.88. The summed E-state index contributed by atoms with van der Waals surface area (Å²) in [5.74, 6) is 0. The van der Waals surface area contributed by atoms with Gasteiger partial charge in [0.05, 0.1) is 16.5 Å². The first-order valence-corrected chi connectivity index (χ1v) is 7.54. The highest BCUT2D eigenvalue weighted by molar-refractivity contribution is 7.16. The molecule has 5 heteroatoms. The lowest BCUT2D eigenvalue weighted by Crippen LogP contribution is -2.39. The summed E-state index contributed by atoms with van der Waals surface area (Å²) in [5, 5.41) is 9.38. The van der Waals surface area contributed by atoms with E-state index in [-0.39, 0.29) is 18.2 Å². The third-order valence-corrected chi connectivity index (χ3v) is 4.44. The minimum absolute atomic E-state index is 0.0821. The van der Waals surface area contributed by atoms with Crippen LogP contribution in [0.4, 0.5) is 0 Å². The smallest absolute Gasteiger partial charge is 0.0931 e. The zero-order valence-electron chi connectivity index (χ0n) is 11.3. The van der Waals surface area contributed by atoms with E-state index in [1.807, 2.05) is 19.1 Å². The first-order valence-electron chi connectivity index (χ1n) is 6.34. The van der Waals surface area contributed by atoms with Gasteiger partial charge < -0.3 is 10.8 Å². The highest BCUT2D eigenvalue weighted by Gasteiger charge is 2.24. The van der Waals surface area contributed by atoms with Crippen molar-refractivity contribution < 1.29 is 5.11 Å². The van der Waals surface area contributed by atoms with Crippen LogP contribution in [-0.2, 0) is 0 Å². The van der Waals surface area contributed by atoms with Crippen molar-refractivity contribution >= 4 is 22.9 Å². The van der Waals surface area contributed by atoms with E-state index in [2.05, 4.69) is 18.9 Å². The van der Waals surface area contributed by atoms with Crippen LogP contribution in [0.1, 0.15) is 37.6 Å². The topological polar surface area (TPSA) is 49.5 Å². The van der Waals surface area contributed by atoms with Gasteiger partial charge in [0.25, 0.3) is 0 Å². The van der Waals surface area contributed by atoms with Gasteiger partial charge in [0.1, 0.15) is 0 Å². The van der Waals surface area contributed by atoms with E-state index in [1.165, 1.54) is 4.88 Å². The molecule has 0 fully saturated rings.